The van der Waals surface area contributed by atoms with Crippen molar-refractivity contribution in [3.8, 4) is 0 Å². The molecule has 3 unspecified atom stereocenters. The molecule has 0 spiro atoms. The lowest BCUT2D eigenvalue weighted by Gasteiger charge is -2.34. The number of hydrogen-bond acceptors (Lipinski definition) is 9. The van der Waals surface area contributed by atoms with Crippen LogP contribution in [0, 0.1) is 11.8 Å². The Morgan fingerprint density at radius 3 is 2.30 bits per heavy atom. The summed E-state index contributed by atoms with van der Waals surface area (Å²) in [7, 11) is 1.89. The van der Waals surface area contributed by atoms with Gasteiger partial charge < -0.3 is 32.1 Å². The van der Waals surface area contributed by atoms with E-state index in [0.717, 1.165) is 30.7 Å². The molecule has 0 saturated carbocycles. The standard InChI is InChI=1S/C25H39N7O7S/c1-6-13(4)17(29-21(35)15-9-7-8-10-32(15)5)23(37)28-16(12(2)3)22(36)31-25-27-14(11-40-25)20(34)30-18(19(26)33)24(38)39/h11-13,15-18H,6-10H2,1-5H3,(H2,26,33)(H,28,37)(H,29,35)(H,30,34)(H,38,39)(H,27,31,36)/t13?,15?,16-,17-,18?/m0/s1. The lowest BCUT2D eigenvalue weighted by molar-refractivity contribution is -0.143. The minimum atomic E-state index is -1.94. The number of carboxylic acid groups (broad SMARTS) is 1. The molecule has 222 valence electrons. The zero-order valence-electron chi connectivity index (χ0n) is 23.4. The zero-order valence-corrected chi connectivity index (χ0v) is 24.2. The Hall–Kier alpha value is -3.59. The highest BCUT2D eigenvalue weighted by Crippen LogP contribution is 2.19. The van der Waals surface area contributed by atoms with Crippen molar-refractivity contribution in [3.63, 3.8) is 0 Å². The van der Waals surface area contributed by atoms with E-state index in [4.69, 9.17) is 10.8 Å². The summed E-state index contributed by atoms with van der Waals surface area (Å²) in [6.07, 6.45) is 3.28. The molecular weight excluding hydrogens is 542 g/mol. The SMILES string of the molecule is CCC(C)[C@H](NC(=O)C1CCCCN1C)C(=O)N[C@H](C(=O)Nc1nc(C(=O)NC(C(N)=O)C(=O)O)cs1)C(C)C. The first-order chi connectivity index (χ1) is 18.8. The number of anilines is 1. The average molecular weight is 582 g/mol. The van der Waals surface area contributed by atoms with Crippen LogP contribution in [-0.4, -0.2) is 88.3 Å². The fraction of sp³-hybridized carbons (Fsp3) is 0.640. The van der Waals surface area contributed by atoms with Crippen LogP contribution in [0.1, 0.15) is 63.9 Å². The smallest absolute Gasteiger partial charge is 0.336 e. The normalized spacial score (nSPS) is 18.6. The summed E-state index contributed by atoms with van der Waals surface area (Å²) in [4.78, 5) is 80.1. The van der Waals surface area contributed by atoms with Gasteiger partial charge in [-0.25, -0.2) is 9.78 Å². The largest absolute Gasteiger partial charge is 0.479 e. The second-order valence-corrected chi connectivity index (χ2v) is 11.1. The number of carbonyl (C=O) groups excluding carboxylic acids is 5. The predicted octanol–water partition coefficient (Wildman–Crippen LogP) is -0.0941. The first-order valence-corrected chi connectivity index (χ1v) is 14.0. The third-order valence-corrected chi connectivity index (χ3v) is 7.64. The Labute approximate surface area is 236 Å². The fourth-order valence-corrected chi connectivity index (χ4v) is 4.91. The van der Waals surface area contributed by atoms with E-state index in [1.165, 1.54) is 5.38 Å². The number of rotatable bonds is 13. The van der Waals surface area contributed by atoms with Gasteiger partial charge in [0.1, 0.15) is 17.8 Å². The van der Waals surface area contributed by atoms with Gasteiger partial charge in [-0.05, 0) is 38.3 Å². The number of carbonyl (C=O) groups is 6. The minimum absolute atomic E-state index is 0.0214. The van der Waals surface area contributed by atoms with Crippen LogP contribution in [0.4, 0.5) is 5.13 Å². The van der Waals surface area contributed by atoms with Crippen molar-refractivity contribution in [3.05, 3.63) is 11.1 Å². The number of nitrogens with one attached hydrogen (secondary N) is 4. The van der Waals surface area contributed by atoms with Crippen LogP contribution >= 0.6 is 11.3 Å². The molecule has 1 aliphatic heterocycles. The first kappa shape index (κ1) is 32.6. The Kier molecular flexibility index (Phi) is 12.0. The van der Waals surface area contributed by atoms with E-state index in [9.17, 15) is 28.8 Å². The van der Waals surface area contributed by atoms with Gasteiger partial charge in [-0.15, -0.1) is 11.3 Å². The number of nitrogens with zero attached hydrogens (tertiary/aromatic N) is 2. The van der Waals surface area contributed by atoms with Crippen LogP contribution in [0.3, 0.4) is 0 Å². The Morgan fingerprint density at radius 2 is 1.75 bits per heavy atom. The molecule has 2 heterocycles. The molecule has 1 fully saturated rings. The number of thiazole rings is 1. The molecule has 1 aromatic heterocycles. The van der Waals surface area contributed by atoms with E-state index in [1.54, 1.807) is 13.8 Å². The molecule has 5 amide bonds. The minimum Gasteiger partial charge on any atom is -0.479 e. The van der Waals surface area contributed by atoms with Gasteiger partial charge in [-0.1, -0.05) is 40.5 Å². The molecule has 1 aliphatic rings. The Bertz CT molecular complexity index is 1100. The van der Waals surface area contributed by atoms with Gasteiger partial charge in [0.25, 0.3) is 11.8 Å². The molecular formula is C25H39N7O7S. The van der Waals surface area contributed by atoms with Crippen LogP contribution in [0.25, 0.3) is 0 Å². The van der Waals surface area contributed by atoms with E-state index in [2.05, 4.69) is 20.9 Å². The number of carboxylic acids is 1. The summed E-state index contributed by atoms with van der Waals surface area (Å²) in [6, 6.07) is -4.09. The highest BCUT2D eigenvalue weighted by atomic mass is 32.1. The van der Waals surface area contributed by atoms with Crippen molar-refractivity contribution in [2.24, 2.45) is 17.6 Å². The molecule has 14 nitrogen and oxygen atoms in total. The van der Waals surface area contributed by atoms with Crippen molar-refractivity contribution >= 4 is 52.0 Å². The highest BCUT2D eigenvalue weighted by Gasteiger charge is 2.34. The maximum atomic E-state index is 13.4. The Balaban J connectivity index is 2.10. The van der Waals surface area contributed by atoms with Crippen LogP contribution in [0.15, 0.2) is 5.38 Å². The molecule has 2 rings (SSSR count). The van der Waals surface area contributed by atoms with Gasteiger partial charge in [-0.3, -0.25) is 28.9 Å². The van der Waals surface area contributed by atoms with Crippen LogP contribution < -0.4 is 27.0 Å². The number of primary amides is 1. The van der Waals surface area contributed by atoms with Gasteiger partial charge in [0, 0.05) is 5.38 Å². The van der Waals surface area contributed by atoms with Crippen LogP contribution in [0.2, 0.25) is 0 Å². The number of amides is 5. The van der Waals surface area contributed by atoms with Crippen molar-refractivity contribution in [1.29, 1.82) is 0 Å². The quantitative estimate of drug-likeness (QED) is 0.171. The lowest BCUT2D eigenvalue weighted by atomic mass is 9.95. The van der Waals surface area contributed by atoms with Crippen molar-refractivity contribution in [2.45, 2.75) is 77.5 Å². The highest BCUT2D eigenvalue weighted by molar-refractivity contribution is 7.14. The summed E-state index contributed by atoms with van der Waals surface area (Å²) < 4.78 is 0. The molecule has 0 bridgehead atoms. The van der Waals surface area contributed by atoms with E-state index in [0.29, 0.717) is 12.8 Å². The Morgan fingerprint density at radius 1 is 1.07 bits per heavy atom. The molecule has 15 heteroatoms. The molecule has 0 aromatic carbocycles. The van der Waals surface area contributed by atoms with Crippen LogP contribution in [0.5, 0.6) is 0 Å². The third-order valence-electron chi connectivity index (χ3n) is 6.89. The summed E-state index contributed by atoms with van der Waals surface area (Å²) in [6.45, 7) is 8.06. The van der Waals surface area contributed by atoms with E-state index >= 15 is 0 Å². The molecule has 0 aliphatic carbocycles. The molecule has 0 radical (unpaired) electrons. The maximum Gasteiger partial charge on any atom is 0.336 e. The predicted molar refractivity (Wildman–Crippen MR) is 147 cm³/mol. The monoisotopic (exact) mass is 581 g/mol. The number of likely N-dealkylation sites (tertiary alicyclic amines) is 1. The van der Waals surface area contributed by atoms with Crippen molar-refractivity contribution in [1.82, 2.24) is 25.8 Å². The topological polar surface area (TPSA) is 213 Å². The summed E-state index contributed by atoms with van der Waals surface area (Å²) in [5.41, 5.74) is 4.76. The van der Waals surface area contributed by atoms with Crippen molar-refractivity contribution in [2.75, 3.05) is 18.9 Å². The first-order valence-electron chi connectivity index (χ1n) is 13.2. The summed E-state index contributed by atoms with van der Waals surface area (Å²) >= 11 is 0.895. The average Bonchev–Trinajstić information content (AvgIpc) is 3.36. The number of aliphatic carboxylic acids is 1. The lowest BCUT2D eigenvalue weighted by Crippen LogP contribution is -2.59. The van der Waals surface area contributed by atoms with Gasteiger partial charge in [0.2, 0.25) is 23.8 Å². The molecule has 40 heavy (non-hydrogen) atoms. The molecule has 1 aromatic rings. The second-order valence-electron chi connectivity index (χ2n) is 10.3. The van der Waals surface area contributed by atoms with E-state index in [-0.39, 0.29) is 34.6 Å². The van der Waals surface area contributed by atoms with E-state index < -0.39 is 47.7 Å². The third kappa shape index (κ3) is 8.71. The maximum absolute atomic E-state index is 13.4. The summed E-state index contributed by atoms with van der Waals surface area (Å²) in [5, 5.41) is 20.5. The summed E-state index contributed by atoms with van der Waals surface area (Å²) in [5.74, 6) is -5.67. The fourth-order valence-electron chi connectivity index (χ4n) is 4.21. The molecule has 1 saturated heterocycles. The zero-order chi connectivity index (χ0) is 30.1. The number of aromatic nitrogens is 1. The van der Waals surface area contributed by atoms with Gasteiger partial charge in [0.05, 0.1) is 6.04 Å². The van der Waals surface area contributed by atoms with Crippen LogP contribution in [-0.2, 0) is 24.0 Å². The van der Waals surface area contributed by atoms with Gasteiger partial charge in [0.15, 0.2) is 5.13 Å². The number of hydrogen-bond donors (Lipinski definition) is 6. The van der Waals surface area contributed by atoms with Gasteiger partial charge in [-0.2, -0.15) is 0 Å². The number of piperidine rings is 1. The number of nitrogens with two attached hydrogens (primary N) is 1. The van der Waals surface area contributed by atoms with Gasteiger partial charge >= 0.3 is 5.97 Å². The molecule has 7 N–H and O–H groups in total. The van der Waals surface area contributed by atoms with Crippen molar-refractivity contribution < 1.29 is 33.9 Å². The second kappa shape index (κ2) is 14.7. The number of likely N-dealkylation sites (N-methyl/N-ethyl adjacent to an activating group) is 1. The molecule has 5 atom stereocenters. The van der Waals surface area contributed by atoms with E-state index in [1.807, 2.05) is 31.1 Å².